The zero-order valence-electron chi connectivity index (χ0n) is 12.7. The highest BCUT2D eigenvalue weighted by Crippen LogP contribution is 2.21. The van der Waals surface area contributed by atoms with Crippen molar-refractivity contribution in [1.82, 2.24) is 15.2 Å². The van der Waals surface area contributed by atoms with Gasteiger partial charge in [-0.1, -0.05) is 6.92 Å². The molecule has 1 fully saturated rings. The van der Waals surface area contributed by atoms with Gasteiger partial charge in [0.1, 0.15) is 5.01 Å². The van der Waals surface area contributed by atoms with Crippen LogP contribution in [0.5, 0.6) is 0 Å². The van der Waals surface area contributed by atoms with Crippen LogP contribution in [0.1, 0.15) is 56.0 Å². The molecule has 0 bridgehead atoms. The molecule has 2 unspecified atom stereocenters. The first-order valence-corrected chi connectivity index (χ1v) is 8.43. The molecule has 0 radical (unpaired) electrons. The van der Waals surface area contributed by atoms with E-state index < -0.39 is 0 Å². The van der Waals surface area contributed by atoms with Crippen LogP contribution in [-0.2, 0) is 11.2 Å². The van der Waals surface area contributed by atoms with Gasteiger partial charge in [0.05, 0.1) is 12.1 Å². The van der Waals surface area contributed by atoms with Gasteiger partial charge in [0.25, 0.3) is 0 Å². The highest BCUT2D eigenvalue weighted by molar-refractivity contribution is 7.11. The summed E-state index contributed by atoms with van der Waals surface area (Å²) >= 11 is 1.73. The molecule has 0 aromatic carbocycles. The van der Waals surface area contributed by atoms with E-state index in [-0.39, 0.29) is 18.0 Å². The maximum atomic E-state index is 12.4. The SMILES string of the molecule is CCc1cnc(C(C)NC(C)C(=O)N2CCCCC2)s1. The zero-order chi connectivity index (χ0) is 14.5. The number of rotatable bonds is 5. The Morgan fingerprint density at radius 3 is 2.70 bits per heavy atom. The van der Waals surface area contributed by atoms with Crippen LogP contribution in [0, 0.1) is 0 Å². The second-order valence-electron chi connectivity index (χ2n) is 5.51. The van der Waals surface area contributed by atoms with Crippen LogP contribution < -0.4 is 5.32 Å². The number of hydrogen-bond donors (Lipinski definition) is 1. The van der Waals surface area contributed by atoms with Gasteiger partial charge in [0, 0.05) is 24.2 Å². The van der Waals surface area contributed by atoms with Gasteiger partial charge in [-0.25, -0.2) is 4.98 Å². The molecule has 1 aromatic heterocycles. The van der Waals surface area contributed by atoms with Crippen LogP contribution in [0.15, 0.2) is 6.20 Å². The molecule has 1 amide bonds. The average Bonchev–Trinajstić information content (AvgIpc) is 2.96. The predicted molar refractivity (Wildman–Crippen MR) is 82.9 cm³/mol. The molecule has 1 N–H and O–H groups in total. The molecule has 20 heavy (non-hydrogen) atoms. The van der Waals surface area contributed by atoms with Gasteiger partial charge >= 0.3 is 0 Å². The summed E-state index contributed by atoms with van der Waals surface area (Å²) in [4.78, 5) is 20.1. The van der Waals surface area contributed by atoms with Crippen molar-refractivity contribution in [3.63, 3.8) is 0 Å². The Balaban J connectivity index is 1.89. The number of aromatic nitrogens is 1. The number of carbonyl (C=O) groups is 1. The first kappa shape index (κ1) is 15.4. The topological polar surface area (TPSA) is 45.2 Å². The number of amides is 1. The molecule has 1 saturated heterocycles. The highest BCUT2D eigenvalue weighted by Gasteiger charge is 2.24. The largest absolute Gasteiger partial charge is 0.341 e. The third kappa shape index (κ3) is 3.79. The van der Waals surface area contributed by atoms with E-state index in [0.717, 1.165) is 37.4 Å². The number of aryl methyl sites for hydroxylation is 1. The maximum absolute atomic E-state index is 12.4. The second-order valence-corrected chi connectivity index (χ2v) is 6.66. The molecule has 1 aromatic rings. The Hall–Kier alpha value is -0.940. The fourth-order valence-electron chi connectivity index (χ4n) is 2.59. The molecule has 112 valence electrons. The average molecular weight is 295 g/mol. The first-order valence-electron chi connectivity index (χ1n) is 7.61. The van der Waals surface area contributed by atoms with Gasteiger partial charge in [-0.15, -0.1) is 11.3 Å². The molecule has 0 aliphatic carbocycles. The predicted octanol–water partition coefficient (Wildman–Crippen LogP) is 2.76. The third-order valence-electron chi connectivity index (χ3n) is 3.83. The number of carbonyl (C=O) groups excluding carboxylic acids is 1. The van der Waals surface area contributed by atoms with Gasteiger partial charge in [0.15, 0.2) is 0 Å². The lowest BCUT2D eigenvalue weighted by Crippen LogP contribution is -2.47. The molecule has 2 rings (SSSR count). The minimum Gasteiger partial charge on any atom is -0.341 e. The van der Waals surface area contributed by atoms with Gasteiger partial charge in [-0.3, -0.25) is 10.1 Å². The van der Waals surface area contributed by atoms with E-state index in [9.17, 15) is 4.79 Å². The minimum absolute atomic E-state index is 0.129. The van der Waals surface area contributed by atoms with Crippen molar-refractivity contribution in [2.75, 3.05) is 13.1 Å². The van der Waals surface area contributed by atoms with Crippen molar-refractivity contribution in [2.24, 2.45) is 0 Å². The summed E-state index contributed by atoms with van der Waals surface area (Å²) in [7, 11) is 0. The molecule has 1 aliphatic rings. The molecule has 0 saturated carbocycles. The van der Waals surface area contributed by atoms with E-state index in [4.69, 9.17) is 0 Å². The molecule has 1 aliphatic heterocycles. The van der Waals surface area contributed by atoms with Crippen molar-refractivity contribution in [3.8, 4) is 0 Å². The van der Waals surface area contributed by atoms with Crippen molar-refractivity contribution in [3.05, 3.63) is 16.1 Å². The van der Waals surface area contributed by atoms with E-state index >= 15 is 0 Å². The van der Waals surface area contributed by atoms with Crippen LogP contribution in [0.25, 0.3) is 0 Å². The summed E-state index contributed by atoms with van der Waals surface area (Å²) in [5, 5.41) is 4.46. The fourth-order valence-corrected chi connectivity index (χ4v) is 3.46. The summed E-state index contributed by atoms with van der Waals surface area (Å²) in [5.74, 6) is 0.226. The van der Waals surface area contributed by atoms with E-state index in [2.05, 4.69) is 24.1 Å². The van der Waals surface area contributed by atoms with Gasteiger partial charge in [-0.2, -0.15) is 0 Å². The van der Waals surface area contributed by atoms with Gasteiger partial charge < -0.3 is 4.90 Å². The van der Waals surface area contributed by atoms with Crippen LogP contribution >= 0.6 is 11.3 Å². The number of piperidine rings is 1. The summed E-state index contributed by atoms with van der Waals surface area (Å²) in [5.41, 5.74) is 0. The Kier molecular flexibility index (Phi) is 5.54. The molecule has 2 heterocycles. The number of nitrogens with one attached hydrogen (secondary N) is 1. The lowest BCUT2D eigenvalue weighted by atomic mass is 10.1. The summed E-state index contributed by atoms with van der Waals surface area (Å²) in [6, 6.07) is -0.0129. The van der Waals surface area contributed by atoms with E-state index in [1.165, 1.54) is 11.3 Å². The molecule has 4 nitrogen and oxygen atoms in total. The fraction of sp³-hybridized carbons (Fsp3) is 0.733. The van der Waals surface area contributed by atoms with Crippen LogP contribution in [-0.4, -0.2) is 34.9 Å². The number of thiazole rings is 1. The number of nitrogens with zero attached hydrogens (tertiary/aromatic N) is 2. The standard InChI is InChI=1S/C15H25N3OS/c1-4-13-10-16-14(20-13)11(2)17-12(3)15(19)18-8-6-5-7-9-18/h10-12,17H,4-9H2,1-3H3. The molecule has 5 heteroatoms. The second kappa shape index (κ2) is 7.18. The summed E-state index contributed by atoms with van der Waals surface area (Å²) < 4.78 is 0. The normalized spacial score (nSPS) is 18.9. The maximum Gasteiger partial charge on any atom is 0.239 e. The summed E-state index contributed by atoms with van der Waals surface area (Å²) in [6.07, 6.45) is 6.49. The lowest BCUT2D eigenvalue weighted by molar-refractivity contribution is -0.134. The van der Waals surface area contributed by atoms with E-state index in [1.54, 1.807) is 11.3 Å². The van der Waals surface area contributed by atoms with Crippen molar-refractivity contribution >= 4 is 17.2 Å². The van der Waals surface area contributed by atoms with Crippen molar-refractivity contribution in [2.45, 2.75) is 58.5 Å². The van der Waals surface area contributed by atoms with Crippen LogP contribution in [0.4, 0.5) is 0 Å². The minimum atomic E-state index is -0.142. The van der Waals surface area contributed by atoms with Crippen molar-refractivity contribution < 1.29 is 4.79 Å². The summed E-state index contributed by atoms with van der Waals surface area (Å²) in [6.45, 7) is 8.00. The van der Waals surface area contributed by atoms with Gasteiger partial charge in [0.2, 0.25) is 5.91 Å². The van der Waals surface area contributed by atoms with Gasteiger partial charge in [-0.05, 0) is 39.5 Å². The molecule has 0 spiro atoms. The monoisotopic (exact) mass is 295 g/mol. The number of likely N-dealkylation sites (tertiary alicyclic amines) is 1. The first-order chi connectivity index (χ1) is 9.61. The Morgan fingerprint density at radius 1 is 1.40 bits per heavy atom. The van der Waals surface area contributed by atoms with Crippen LogP contribution in [0.2, 0.25) is 0 Å². The molecular weight excluding hydrogens is 270 g/mol. The Labute approximate surface area is 125 Å². The Morgan fingerprint density at radius 2 is 2.10 bits per heavy atom. The highest BCUT2D eigenvalue weighted by atomic mass is 32.1. The third-order valence-corrected chi connectivity index (χ3v) is 5.15. The smallest absolute Gasteiger partial charge is 0.239 e. The zero-order valence-corrected chi connectivity index (χ0v) is 13.5. The number of hydrogen-bond acceptors (Lipinski definition) is 4. The van der Waals surface area contributed by atoms with Crippen molar-refractivity contribution in [1.29, 1.82) is 0 Å². The molecule has 2 atom stereocenters. The lowest BCUT2D eigenvalue weighted by Gasteiger charge is -2.30. The van der Waals surface area contributed by atoms with E-state index in [1.807, 2.05) is 18.0 Å². The molecular formula is C15H25N3OS. The quantitative estimate of drug-likeness (QED) is 0.908. The Bertz CT molecular complexity index is 440. The van der Waals surface area contributed by atoms with Crippen LogP contribution in [0.3, 0.4) is 0 Å². The van der Waals surface area contributed by atoms with E-state index in [0.29, 0.717) is 0 Å².